The minimum atomic E-state index is -3.51. The highest BCUT2D eigenvalue weighted by Gasteiger charge is 2.30. The first-order valence-corrected chi connectivity index (χ1v) is 8.57. The van der Waals surface area contributed by atoms with E-state index in [1.54, 1.807) is 18.2 Å². The van der Waals surface area contributed by atoms with Gasteiger partial charge in [0.25, 0.3) is 0 Å². The van der Waals surface area contributed by atoms with Gasteiger partial charge in [0.2, 0.25) is 15.9 Å². The number of piperidine rings is 1. The second kappa shape index (κ2) is 5.40. The van der Waals surface area contributed by atoms with Gasteiger partial charge in [0, 0.05) is 18.8 Å². The Morgan fingerprint density at radius 2 is 2.19 bits per heavy atom. The fourth-order valence-electron chi connectivity index (χ4n) is 2.95. The molecule has 3 rings (SSSR count). The maximum Gasteiger partial charge on any atom is 0.243 e. The van der Waals surface area contributed by atoms with Crippen LogP contribution in [0.2, 0.25) is 0 Å². The maximum absolute atomic E-state index is 12.7. The highest BCUT2D eigenvalue weighted by atomic mass is 32.2. The number of amides is 1. The molecular formula is C14H19N3O3S. The molecule has 0 bridgehead atoms. The van der Waals surface area contributed by atoms with Gasteiger partial charge in [-0.25, -0.2) is 8.42 Å². The van der Waals surface area contributed by atoms with Gasteiger partial charge in [-0.05, 0) is 49.1 Å². The summed E-state index contributed by atoms with van der Waals surface area (Å²) in [5.74, 6) is 0.131. The average Bonchev–Trinajstić information content (AvgIpc) is 2.86. The smallest absolute Gasteiger partial charge is 0.243 e. The quantitative estimate of drug-likeness (QED) is 0.852. The van der Waals surface area contributed by atoms with Crippen molar-refractivity contribution in [1.82, 2.24) is 4.31 Å². The van der Waals surface area contributed by atoms with Crippen molar-refractivity contribution >= 4 is 21.6 Å². The summed E-state index contributed by atoms with van der Waals surface area (Å²) in [6.07, 6.45) is 2.06. The standard InChI is InChI=1S/C14H19N3O3S/c15-8-10-2-1-5-17(9-10)21(19,20)12-3-4-13-11(6-12)7-14(18)16-13/h3-4,6,10H,1-2,5,7-9,15H2,(H,16,18). The summed E-state index contributed by atoms with van der Waals surface area (Å²) in [5.41, 5.74) is 7.12. The van der Waals surface area contributed by atoms with Gasteiger partial charge in [0.05, 0.1) is 11.3 Å². The monoisotopic (exact) mass is 309 g/mol. The molecule has 1 unspecified atom stereocenters. The van der Waals surface area contributed by atoms with Gasteiger partial charge in [-0.2, -0.15) is 4.31 Å². The van der Waals surface area contributed by atoms with Crippen LogP contribution in [0.1, 0.15) is 18.4 Å². The van der Waals surface area contributed by atoms with Gasteiger partial charge < -0.3 is 11.1 Å². The number of rotatable bonds is 3. The summed E-state index contributed by atoms with van der Waals surface area (Å²) >= 11 is 0. The molecule has 0 saturated carbocycles. The molecule has 1 aromatic rings. The minimum absolute atomic E-state index is 0.0966. The van der Waals surface area contributed by atoms with E-state index in [1.165, 1.54) is 4.31 Å². The summed E-state index contributed by atoms with van der Waals surface area (Å²) in [5, 5.41) is 2.71. The van der Waals surface area contributed by atoms with Crippen LogP contribution in [0, 0.1) is 5.92 Å². The summed E-state index contributed by atoms with van der Waals surface area (Å²) in [4.78, 5) is 11.6. The van der Waals surface area contributed by atoms with E-state index in [0.717, 1.165) is 18.4 Å². The zero-order valence-electron chi connectivity index (χ0n) is 11.7. The van der Waals surface area contributed by atoms with E-state index in [2.05, 4.69) is 5.32 Å². The van der Waals surface area contributed by atoms with Crippen LogP contribution < -0.4 is 11.1 Å². The van der Waals surface area contributed by atoms with Gasteiger partial charge in [0.1, 0.15) is 0 Å². The number of nitrogens with one attached hydrogen (secondary N) is 1. The molecule has 2 aliphatic rings. The first-order chi connectivity index (χ1) is 10.0. The summed E-state index contributed by atoms with van der Waals surface area (Å²) < 4.78 is 26.9. The van der Waals surface area contributed by atoms with Crippen LogP contribution in [0.4, 0.5) is 5.69 Å². The Kier molecular flexibility index (Phi) is 3.73. The van der Waals surface area contributed by atoms with Crippen LogP contribution in [0.15, 0.2) is 23.1 Å². The molecule has 2 heterocycles. The molecule has 1 atom stereocenters. The first-order valence-electron chi connectivity index (χ1n) is 7.13. The van der Waals surface area contributed by atoms with E-state index in [1.807, 2.05) is 0 Å². The Morgan fingerprint density at radius 1 is 1.38 bits per heavy atom. The van der Waals surface area contributed by atoms with Crippen LogP contribution in [0.5, 0.6) is 0 Å². The zero-order chi connectivity index (χ0) is 15.0. The van der Waals surface area contributed by atoms with Crippen LogP contribution in [0.3, 0.4) is 0 Å². The number of carbonyl (C=O) groups is 1. The van der Waals surface area contributed by atoms with E-state index in [9.17, 15) is 13.2 Å². The largest absolute Gasteiger partial charge is 0.330 e. The third-order valence-corrected chi connectivity index (χ3v) is 6.02. The molecule has 6 nitrogen and oxygen atoms in total. The Hall–Kier alpha value is -1.44. The lowest BCUT2D eigenvalue weighted by Crippen LogP contribution is -2.41. The normalized spacial score (nSPS) is 22.9. The lowest BCUT2D eigenvalue weighted by atomic mass is 10.0. The Labute approximate surface area is 124 Å². The highest BCUT2D eigenvalue weighted by molar-refractivity contribution is 7.89. The molecule has 0 spiro atoms. The SMILES string of the molecule is NCC1CCCN(S(=O)(=O)c2ccc3c(c2)CC(=O)N3)C1. The van der Waals surface area contributed by atoms with Crippen LogP contribution in [0.25, 0.3) is 0 Å². The Bertz CT molecular complexity index is 672. The van der Waals surface area contributed by atoms with Crippen molar-refractivity contribution in [2.45, 2.75) is 24.2 Å². The van der Waals surface area contributed by atoms with Crippen LogP contribution in [-0.2, 0) is 21.2 Å². The number of anilines is 1. The molecule has 1 saturated heterocycles. The Morgan fingerprint density at radius 3 is 2.95 bits per heavy atom. The first kappa shape index (κ1) is 14.5. The van der Waals surface area contributed by atoms with Gasteiger partial charge in [0.15, 0.2) is 0 Å². The average molecular weight is 309 g/mol. The van der Waals surface area contributed by atoms with Crippen molar-refractivity contribution in [3.05, 3.63) is 23.8 Å². The molecular weight excluding hydrogens is 290 g/mol. The molecule has 2 aliphatic heterocycles. The third kappa shape index (κ3) is 2.68. The fourth-order valence-corrected chi connectivity index (χ4v) is 4.56. The number of hydrogen-bond acceptors (Lipinski definition) is 4. The summed E-state index contributed by atoms with van der Waals surface area (Å²) in [6, 6.07) is 4.83. The molecule has 114 valence electrons. The van der Waals surface area contributed by atoms with Crippen molar-refractivity contribution in [3.63, 3.8) is 0 Å². The van der Waals surface area contributed by atoms with Gasteiger partial charge in [-0.1, -0.05) is 0 Å². The van der Waals surface area contributed by atoms with Gasteiger partial charge in [-0.3, -0.25) is 4.79 Å². The number of benzene rings is 1. The lowest BCUT2D eigenvalue weighted by Gasteiger charge is -2.31. The Balaban J connectivity index is 1.88. The van der Waals surface area contributed by atoms with Crippen molar-refractivity contribution < 1.29 is 13.2 Å². The second-order valence-corrected chi connectivity index (χ2v) is 7.59. The molecule has 21 heavy (non-hydrogen) atoms. The van der Waals surface area contributed by atoms with E-state index in [0.29, 0.717) is 25.3 Å². The maximum atomic E-state index is 12.7. The van der Waals surface area contributed by atoms with Gasteiger partial charge >= 0.3 is 0 Å². The predicted octanol–water partition coefficient (Wildman–Crippen LogP) is 0.541. The molecule has 0 aliphatic carbocycles. The predicted molar refractivity (Wildman–Crippen MR) is 79.3 cm³/mol. The highest BCUT2D eigenvalue weighted by Crippen LogP contribution is 2.29. The van der Waals surface area contributed by atoms with E-state index in [-0.39, 0.29) is 23.1 Å². The summed E-state index contributed by atoms with van der Waals surface area (Å²) in [7, 11) is -3.51. The molecule has 3 N–H and O–H groups in total. The fraction of sp³-hybridized carbons (Fsp3) is 0.500. The van der Waals surface area contributed by atoms with Gasteiger partial charge in [-0.15, -0.1) is 0 Å². The summed E-state index contributed by atoms with van der Waals surface area (Å²) in [6.45, 7) is 1.52. The molecule has 7 heteroatoms. The molecule has 1 amide bonds. The lowest BCUT2D eigenvalue weighted by molar-refractivity contribution is -0.115. The number of nitrogens with two attached hydrogens (primary N) is 1. The molecule has 1 fully saturated rings. The number of carbonyl (C=O) groups excluding carboxylic acids is 1. The zero-order valence-corrected chi connectivity index (χ0v) is 12.5. The number of sulfonamides is 1. The second-order valence-electron chi connectivity index (χ2n) is 5.65. The van der Waals surface area contributed by atoms with Crippen molar-refractivity contribution in [2.75, 3.05) is 25.0 Å². The van der Waals surface area contributed by atoms with E-state index in [4.69, 9.17) is 5.73 Å². The number of fused-ring (bicyclic) bond motifs is 1. The number of nitrogens with zero attached hydrogens (tertiary/aromatic N) is 1. The van der Waals surface area contributed by atoms with E-state index < -0.39 is 10.0 Å². The van der Waals surface area contributed by atoms with Crippen LogP contribution in [-0.4, -0.2) is 38.3 Å². The van der Waals surface area contributed by atoms with Crippen LogP contribution >= 0.6 is 0 Å². The third-order valence-electron chi connectivity index (χ3n) is 4.15. The van der Waals surface area contributed by atoms with Crippen molar-refractivity contribution in [3.8, 4) is 0 Å². The van der Waals surface area contributed by atoms with Crippen molar-refractivity contribution in [2.24, 2.45) is 11.7 Å². The minimum Gasteiger partial charge on any atom is -0.330 e. The number of hydrogen-bond donors (Lipinski definition) is 2. The molecule has 0 aromatic heterocycles. The topological polar surface area (TPSA) is 92.5 Å². The van der Waals surface area contributed by atoms with Crippen molar-refractivity contribution in [1.29, 1.82) is 0 Å². The molecule has 1 aromatic carbocycles. The molecule has 0 radical (unpaired) electrons. The van der Waals surface area contributed by atoms with E-state index >= 15 is 0 Å².